The van der Waals surface area contributed by atoms with Gasteiger partial charge in [0.2, 0.25) is 0 Å². The Morgan fingerprint density at radius 1 is 0.879 bits per heavy atom. The first kappa shape index (κ1) is 22.6. The van der Waals surface area contributed by atoms with Crippen LogP contribution in [0.3, 0.4) is 0 Å². The van der Waals surface area contributed by atoms with Crippen molar-refractivity contribution in [1.82, 2.24) is 4.57 Å². The van der Waals surface area contributed by atoms with Gasteiger partial charge in [-0.25, -0.2) is 14.2 Å². The number of nitrogens with zero attached hydrogens (tertiary/aromatic N) is 2. The maximum Gasteiger partial charge on any atom is 0.419 e. The molecule has 0 saturated carbocycles. The number of fused-ring (bicyclic) bond motifs is 1. The van der Waals surface area contributed by atoms with Crippen LogP contribution in [0.4, 0.5) is 4.79 Å². The van der Waals surface area contributed by atoms with Crippen LogP contribution in [0.15, 0.2) is 65.7 Å². The molecular weight excluding hydrogens is 460 g/mol. The second-order valence-electron chi connectivity index (χ2n) is 6.73. The third kappa shape index (κ3) is 4.50. The van der Waals surface area contributed by atoms with E-state index in [2.05, 4.69) is 4.99 Å². The van der Waals surface area contributed by atoms with Gasteiger partial charge in [-0.15, -0.1) is 11.3 Å². The zero-order valence-electron chi connectivity index (χ0n) is 17.9. The van der Waals surface area contributed by atoms with Crippen LogP contribution >= 0.6 is 22.7 Å². The highest BCUT2D eigenvalue weighted by molar-refractivity contribution is 7.35. The zero-order chi connectivity index (χ0) is 23.4. The highest BCUT2D eigenvalue weighted by atomic mass is 32.2. The Kier molecular flexibility index (Phi) is 6.81. The summed E-state index contributed by atoms with van der Waals surface area (Å²) in [6.45, 7) is 3.77. The number of hydrogen-bond acceptors (Lipinski definition) is 7. The van der Waals surface area contributed by atoms with E-state index < -0.39 is 18.0 Å². The average molecular weight is 481 g/mol. The predicted molar refractivity (Wildman–Crippen MR) is 128 cm³/mol. The van der Waals surface area contributed by atoms with Gasteiger partial charge < -0.3 is 9.47 Å². The molecule has 2 aromatic carbocycles. The van der Waals surface area contributed by atoms with Crippen LogP contribution in [0.2, 0.25) is 0 Å². The van der Waals surface area contributed by atoms with E-state index in [1.54, 1.807) is 38.1 Å². The number of carbonyl (C=O) groups excluding carboxylic acids is 3. The lowest BCUT2D eigenvalue weighted by Crippen LogP contribution is -2.16. The maximum absolute atomic E-state index is 13.0. The molecule has 1 amide bonds. The Labute approximate surface area is 197 Å². The number of esters is 1. The number of ether oxygens (including phenoxy) is 2. The van der Waals surface area contributed by atoms with Gasteiger partial charge >= 0.3 is 12.1 Å². The molecule has 2 heterocycles. The van der Waals surface area contributed by atoms with Gasteiger partial charge in [0.15, 0.2) is 3.98 Å². The number of amides is 1. The van der Waals surface area contributed by atoms with Crippen molar-refractivity contribution in [3.63, 3.8) is 0 Å². The summed E-state index contributed by atoms with van der Waals surface area (Å²) in [6, 6.07) is 17.8. The van der Waals surface area contributed by atoms with Crippen molar-refractivity contribution in [3.8, 4) is 11.3 Å². The summed E-state index contributed by atoms with van der Waals surface area (Å²) >= 11 is 2.32. The molecule has 0 aliphatic carbocycles. The second-order valence-corrected chi connectivity index (χ2v) is 8.97. The third-order valence-electron chi connectivity index (χ3n) is 4.65. The van der Waals surface area contributed by atoms with E-state index in [-0.39, 0.29) is 18.8 Å². The third-order valence-corrected chi connectivity index (χ3v) is 6.99. The molecule has 0 spiro atoms. The predicted octanol–water partition coefficient (Wildman–Crippen LogP) is 5.35. The van der Waals surface area contributed by atoms with Crippen LogP contribution in [-0.2, 0) is 9.47 Å². The first-order valence-electron chi connectivity index (χ1n) is 10.3. The SMILES string of the molecule is CCOC(=O)c1c(-c2ccccc2)n(C(=O)OCC)c2sc(=NC(=O)c3ccccc3)sc12. The van der Waals surface area contributed by atoms with E-state index in [1.807, 2.05) is 36.4 Å². The first-order valence-corrected chi connectivity index (χ1v) is 11.9. The van der Waals surface area contributed by atoms with Crippen LogP contribution in [0, 0.1) is 0 Å². The standard InChI is InChI=1S/C24H20N2O5S2/c1-3-30-22(28)17-18(15-11-7-5-8-12-15)26(24(29)31-4-2)21-19(17)32-23(33-21)25-20(27)16-13-9-6-10-14-16/h5-14H,3-4H2,1-2H3. The van der Waals surface area contributed by atoms with Gasteiger partial charge in [0.25, 0.3) is 5.91 Å². The van der Waals surface area contributed by atoms with Gasteiger partial charge in [-0.1, -0.05) is 59.9 Å². The summed E-state index contributed by atoms with van der Waals surface area (Å²) in [7, 11) is 0. The molecule has 4 rings (SSSR count). The van der Waals surface area contributed by atoms with Gasteiger partial charge in [-0.3, -0.25) is 4.79 Å². The minimum Gasteiger partial charge on any atom is -0.462 e. The van der Waals surface area contributed by atoms with Crippen LogP contribution in [0.25, 0.3) is 20.8 Å². The summed E-state index contributed by atoms with van der Waals surface area (Å²) < 4.78 is 12.9. The molecule has 0 aliphatic heterocycles. The largest absolute Gasteiger partial charge is 0.462 e. The van der Waals surface area contributed by atoms with Crippen molar-refractivity contribution in [3.05, 3.63) is 75.8 Å². The molecule has 0 radical (unpaired) electrons. The molecule has 0 saturated heterocycles. The molecule has 4 aromatic rings. The van der Waals surface area contributed by atoms with E-state index in [0.717, 1.165) is 11.3 Å². The molecule has 0 atom stereocenters. The summed E-state index contributed by atoms with van der Waals surface area (Å²) in [4.78, 5) is 43.3. The minimum atomic E-state index is -0.619. The fourth-order valence-corrected chi connectivity index (χ4v) is 5.72. The highest BCUT2D eigenvalue weighted by Crippen LogP contribution is 2.38. The molecular formula is C24H20N2O5S2. The molecule has 0 bridgehead atoms. The van der Waals surface area contributed by atoms with Gasteiger partial charge in [0.05, 0.1) is 23.6 Å². The molecule has 2 aromatic heterocycles. The molecule has 9 heteroatoms. The van der Waals surface area contributed by atoms with E-state index in [1.165, 1.54) is 15.9 Å². The first-order chi connectivity index (χ1) is 16.0. The van der Waals surface area contributed by atoms with Gasteiger partial charge in [-0.05, 0) is 31.5 Å². The Bertz CT molecular complexity index is 1330. The van der Waals surface area contributed by atoms with E-state index in [9.17, 15) is 14.4 Å². The molecule has 168 valence electrons. The number of hydrogen-bond donors (Lipinski definition) is 0. The highest BCUT2D eigenvalue weighted by Gasteiger charge is 2.30. The van der Waals surface area contributed by atoms with E-state index >= 15 is 0 Å². The maximum atomic E-state index is 13.0. The molecule has 7 nitrogen and oxygen atoms in total. The van der Waals surface area contributed by atoms with Crippen molar-refractivity contribution in [2.45, 2.75) is 13.8 Å². The molecule has 0 unspecified atom stereocenters. The van der Waals surface area contributed by atoms with Crippen molar-refractivity contribution >= 4 is 50.2 Å². The fourth-order valence-electron chi connectivity index (χ4n) is 3.31. The number of carbonyl (C=O) groups is 3. The fraction of sp³-hybridized carbons (Fsp3) is 0.167. The summed E-state index contributed by atoms with van der Waals surface area (Å²) in [5.41, 5.74) is 1.77. The second kappa shape index (κ2) is 9.93. The average Bonchev–Trinajstić information content (AvgIpc) is 3.36. The Morgan fingerprint density at radius 2 is 1.52 bits per heavy atom. The lowest BCUT2D eigenvalue weighted by molar-refractivity contribution is 0.0529. The Hall–Kier alpha value is -3.56. The lowest BCUT2D eigenvalue weighted by Gasteiger charge is -2.10. The molecule has 33 heavy (non-hydrogen) atoms. The van der Waals surface area contributed by atoms with Crippen molar-refractivity contribution in [2.75, 3.05) is 13.2 Å². The van der Waals surface area contributed by atoms with Crippen molar-refractivity contribution in [2.24, 2.45) is 4.99 Å². The smallest absolute Gasteiger partial charge is 0.419 e. The summed E-state index contributed by atoms with van der Waals surface area (Å²) in [5, 5.41) is 0. The van der Waals surface area contributed by atoms with E-state index in [0.29, 0.717) is 30.3 Å². The van der Waals surface area contributed by atoms with Gasteiger partial charge in [0, 0.05) is 5.56 Å². The minimum absolute atomic E-state index is 0.167. The van der Waals surface area contributed by atoms with Crippen LogP contribution in [0.5, 0.6) is 0 Å². The zero-order valence-corrected chi connectivity index (χ0v) is 19.6. The van der Waals surface area contributed by atoms with Crippen LogP contribution < -0.4 is 3.98 Å². The normalized spacial score (nSPS) is 11.5. The number of rotatable bonds is 5. The van der Waals surface area contributed by atoms with Gasteiger partial charge in [0.1, 0.15) is 10.4 Å². The summed E-state index contributed by atoms with van der Waals surface area (Å²) in [6.07, 6.45) is -0.619. The van der Waals surface area contributed by atoms with Gasteiger partial charge in [-0.2, -0.15) is 4.99 Å². The van der Waals surface area contributed by atoms with Crippen LogP contribution in [-0.4, -0.2) is 35.8 Å². The molecule has 0 fully saturated rings. The van der Waals surface area contributed by atoms with E-state index in [4.69, 9.17) is 9.47 Å². The van der Waals surface area contributed by atoms with Crippen molar-refractivity contribution in [1.29, 1.82) is 0 Å². The lowest BCUT2D eigenvalue weighted by atomic mass is 10.1. The Balaban J connectivity index is 1.99. The van der Waals surface area contributed by atoms with Crippen LogP contribution in [0.1, 0.15) is 34.6 Å². The summed E-state index contributed by atoms with van der Waals surface area (Å²) in [5.74, 6) is -0.959. The topological polar surface area (TPSA) is 87.0 Å². The number of benzene rings is 2. The Morgan fingerprint density at radius 3 is 2.15 bits per heavy atom. The monoisotopic (exact) mass is 480 g/mol. The molecule has 0 aliphatic rings. The molecule has 0 N–H and O–H groups in total. The number of aromatic nitrogens is 1. The van der Waals surface area contributed by atoms with Crippen molar-refractivity contribution < 1.29 is 23.9 Å². The quantitative estimate of drug-likeness (QED) is 0.359.